The van der Waals surface area contributed by atoms with Crippen molar-refractivity contribution in [2.24, 2.45) is 5.92 Å². The van der Waals surface area contributed by atoms with Crippen LogP contribution in [0.3, 0.4) is 0 Å². The maximum Gasteiger partial charge on any atom is 0.287 e. The van der Waals surface area contributed by atoms with Crippen molar-refractivity contribution in [1.82, 2.24) is 10.2 Å². The van der Waals surface area contributed by atoms with Crippen LogP contribution in [0.5, 0.6) is 0 Å². The van der Waals surface area contributed by atoms with E-state index in [0.717, 1.165) is 35.9 Å². The number of hydrogen-bond donors (Lipinski definition) is 1. The average molecular weight is 405 g/mol. The van der Waals surface area contributed by atoms with Crippen LogP contribution in [0.1, 0.15) is 23.4 Å². The van der Waals surface area contributed by atoms with Gasteiger partial charge in [-0.2, -0.15) is 0 Å². The number of piperidine rings is 3. The summed E-state index contributed by atoms with van der Waals surface area (Å²) < 4.78 is 5.99. The molecule has 148 valence electrons. The summed E-state index contributed by atoms with van der Waals surface area (Å²) in [5, 5.41) is 3.21. The Bertz CT molecular complexity index is 993. The quantitative estimate of drug-likeness (QED) is 0.655. The summed E-state index contributed by atoms with van der Waals surface area (Å²) in [5.74, 6) is 1.60. The fourth-order valence-corrected chi connectivity index (χ4v) is 5.32. The lowest BCUT2D eigenvalue weighted by atomic mass is 9.84. The van der Waals surface area contributed by atoms with E-state index in [2.05, 4.69) is 28.4 Å². The summed E-state index contributed by atoms with van der Waals surface area (Å²) >= 11 is 1.70. The van der Waals surface area contributed by atoms with E-state index in [0.29, 0.717) is 11.7 Å². The van der Waals surface area contributed by atoms with Gasteiger partial charge in [-0.05, 0) is 62.2 Å². The van der Waals surface area contributed by atoms with Gasteiger partial charge in [-0.1, -0.05) is 48.2 Å². The zero-order valence-electron chi connectivity index (χ0n) is 16.2. The topological polar surface area (TPSA) is 45.5 Å². The maximum atomic E-state index is 12.8. The number of fused-ring (bicyclic) bond motifs is 3. The lowest BCUT2D eigenvalue weighted by molar-refractivity contribution is 0.0606. The third-order valence-electron chi connectivity index (χ3n) is 5.93. The summed E-state index contributed by atoms with van der Waals surface area (Å²) in [6, 6.07) is 22.4. The van der Waals surface area contributed by atoms with Crippen molar-refractivity contribution in [1.29, 1.82) is 0 Å². The third-order valence-corrected chi connectivity index (χ3v) is 7.01. The molecule has 4 nitrogen and oxygen atoms in total. The molecule has 0 radical (unpaired) electrons. The van der Waals surface area contributed by atoms with Gasteiger partial charge in [0.2, 0.25) is 0 Å². The third kappa shape index (κ3) is 3.98. The first kappa shape index (κ1) is 18.5. The van der Waals surface area contributed by atoms with E-state index in [9.17, 15) is 4.79 Å². The number of carbonyl (C=O) groups excluding carboxylic acids is 1. The highest BCUT2D eigenvalue weighted by molar-refractivity contribution is 7.99. The van der Waals surface area contributed by atoms with Crippen LogP contribution in [-0.2, 0) is 0 Å². The molecule has 3 aromatic rings. The van der Waals surface area contributed by atoms with E-state index in [4.69, 9.17) is 4.42 Å². The van der Waals surface area contributed by atoms with Crippen molar-refractivity contribution in [2.75, 3.05) is 19.6 Å². The molecule has 0 spiro atoms. The van der Waals surface area contributed by atoms with Gasteiger partial charge in [0.15, 0.2) is 5.76 Å². The normalized spacial score (nSPS) is 23.1. The molecule has 29 heavy (non-hydrogen) atoms. The number of hydrogen-bond acceptors (Lipinski definition) is 4. The Labute approximate surface area is 175 Å². The van der Waals surface area contributed by atoms with Crippen molar-refractivity contribution >= 4 is 17.7 Å². The van der Waals surface area contributed by atoms with Crippen molar-refractivity contribution in [2.45, 2.75) is 28.7 Å². The number of furan rings is 1. The highest BCUT2D eigenvalue weighted by Crippen LogP contribution is 2.36. The van der Waals surface area contributed by atoms with Crippen LogP contribution in [0.2, 0.25) is 0 Å². The largest absolute Gasteiger partial charge is 0.451 e. The minimum atomic E-state index is -0.108. The molecule has 2 aromatic carbocycles. The van der Waals surface area contributed by atoms with E-state index >= 15 is 0 Å². The zero-order chi connectivity index (χ0) is 19.6. The predicted octanol–water partition coefficient (Wildman–Crippen LogP) is 4.92. The molecule has 6 rings (SSSR count). The van der Waals surface area contributed by atoms with Gasteiger partial charge in [0.1, 0.15) is 5.76 Å². The molecule has 3 aliphatic heterocycles. The predicted molar refractivity (Wildman–Crippen MR) is 115 cm³/mol. The first-order valence-corrected chi connectivity index (χ1v) is 11.0. The Balaban J connectivity index is 1.33. The minimum Gasteiger partial charge on any atom is -0.451 e. The molecule has 1 N–H and O–H groups in total. The summed E-state index contributed by atoms with van der Waals surface area (Å²) in [6.45, 7) is 3.29. The van der Waals surface area contributed by atoms with Crippen LogP contribution in [0.25, 0.3) is 11.3 Å². The van der Waals surface area contributed by atoms with Gasteiger partial charge in [0.05, 0.1) is 0 Å². The van der Waals surface area contributed by atoms with E-state index < -0.39 is 0 Å². The Morgan fingerprint density at radius 2 is 1.72 bits per heavy atom. The van der Waals surface area contributed by atoms with Gasteiger partial charge in [0.25, 0.3) is 5.91 Å². The first-order chi connectivity index (χ1) is 14.3. The van der Waals surface area contributed by atoms with Gasteiger partial charge < -0.3 is 14.6 Å². The number of benzene rings is 2. The summed E-state index contributed by atoms with van der Waals surface area (Å²) in [5.41, 5.74) is 1.00. The molecule has 0 aliphatic carbocycles. The molecule has 3 fully saturated rings. The fraction of sp³-hybridized carbons (Fsp3) is 0.292. The lowest BCUT2D eigenvalue weighted by Crippen LogP contribution is -2.57. The smallest absolute Gasteiger partial charge is 0.287 e. The van der Waals surface area contributed by atoms with Crippen molar-refractivity contribution in [3.63, 3.8) is 0 Å². The van der Waals surface area contributed by atoms with Crippen LogP contribution in [0.15, 0.2) is 80.9 Å². The molecule has 3 aliphatic rings. The molecule has 5 heteroatoms. The number of nitrogens with one attached hydrogen (secondary N) is 1. The second-order valence-corrected chi connectivity index (χ2v) is 8.91. The van der Waals surface area contributed by atoms with Crippen LogP contribution in [0.4, 0.5) is 0 Å². The van der Waals surface area contributed by atoms with Crippen LogP contribution in [0, 0.1) is 5.92 Å². The summed E-state index contributed by atoms with van der Waals surface area (Å²) in [4.78, 5) is 17.5. The lowest BCUT2D eigenvalue weighted by Gasteiger charge is -2.44. The van der Waals surface area contributed by atoms with Gasteiger partial charge in [-0.15, -0.1) is 0 Å². The van der Waals surface area contributed by atoms with E-state index in [-0.39, 0.29) is 11.9 Å². The fourth-order valence-electron chi connectivity index (χ4n) is 4.35. The second-order valence-electron chi connectivity index (χ2n) is 7.79. The Hall–Kier alpha value is -2.50. The number of nitrogens with zero attached hydrogens (tertiary/aromatic N) is 1. The van der Waals surface area contributed by atoms with Crippen LogP contribution in [-0.4, -0.2) is 36.5 Å². The van der Waals surface area contributed by atoms with E-state index in [1.54, 1.807) is 17.8 Å². The Kier molecular flexibility index (Phi) is 5.17. The highest BCUT2D eigenvalue weighted by Gasteiger charge is 2.35. The first-order valence-electron chi connectivity index (χ1n) is 10.2. The standard InChI is InChI=1S/C24H24N2O2S/c27-24(25-20-16-26-14-12-17(20)13-15-26)22-11-10-21(28-22)19-8-4-5-9-23(19)29-18-6-2-1-3-7-18/h1-11,17,20H,12-16H2,(H,25,27). The molecular formula is C24H24N2O2S. The number of rotatable bonds is 5. The van der Waals surface area contributed by atoms with Crippen molar-refractivity contribution in [3.05, 3.63) is 72.5 Å². The van der Waals surface area contributed by atoms with Gasteiger partial charge >= 0.3 is 0 Å². The molecule has 0 saturated carbocycles. The van der Waals surface area contributed by atoms with Crippen LogP contribution < -0.4 is 5.32 Å². The monoisotopic (exact) mass is 404 g/mol. The zero-order valence-corrected chi connectivity index (χ0v) is 17.0. The maximum absolute atomic E-state index is 12.8. The van der Waals surface area contributed by atoms with Gasteiger partial charge in [-0.3, -0.25) is 4.79 Å². The molecule has 2 bridgehead atoms. The molecule has 1 amide bonds. The van der Waals surface area contributed by atoms with Crippen molar-refractivity contribution < 1.29 is 9.21 Å². The molecular weight excluding hydrogens is 380 g/mol. The Morgan fingerprint density at radius 1 is 0.966 bits per heavy atom. The summed E-state index contributed by atoms with van der Waals surface area (Å²) in [7, 11) is 0. The van der Waals surface area contributed by atoms with E-state index in [1.807, 2.05) is 42.5 Å². The van der Waals surface area contributed by atoms with E-state index in [1.165, 1.54) is 17.7 Å². The average Bonchev–Trinajstić information content (AvgIpc) is 3.26. The minimum absolute atomic E-state index is 0.108. The molecule has 4 heterocycles. The molecule has 1 atom stereocenters. The van der Waals surface area contributed by atoms with Crippen molar-refractivity contribution in [3.8, 4) is 11.3 Å². The molecule has 1 unspecified atom stereocenters. The number of amides is 1. The van der Waals surface area contributed by atoms with Gasteiger partial charge in [-0.25, -0.2) is 0 Å². The molecule has 3 saturated heterocycles. The SMILES string of the molecule is O=C(NC1CN2CCC1CC2)c1ccc(-c2ccccc2Sc2ccccc2)o1. The Morgan fingerprint density at radius 3 is 2.48 bits per heavy atom. The number of carbonyl (C=O) groups is 1. The van der Waals surface area contributed by atoms with Crippen LogP contribution >= 0.6 is 11.8 Å². The summed E-state index contributed by atoms with van der Waals surface area (Å²) in [6.07, 6.45) is 2.36. The van der Waals surface area contributed by atoms with Gasteiger partial charge in [0, 0.05) is 27.9 Å². The highest BCUT2D eigenvalue weighted by atomic mass is 32.2. The molecule has 1 aromatic heterocycles. The second kappa shape index (κ2) is 8.09.